The Balaban J connectivity index is 2.04. The third-order valence-electron chi connectivity index (χ3n) is 1.68. The molecule has 0 saturated carbocycles. The minimum Gasteiger partial charge on any atom is -0.462 e. The minimum absolute atomic E-state index is 0.0263. The van der Waals surface area contributed by atoms with Crippen LogP contribution >= 0.6 is 0 Å². The van der Waals surface area contributed by atoms with Crippen molar-refractivity contribution in [2.75, 3.05) is 13.2 Å². The molecule has 1 rings (SSSR count). The maximum atomic E-state index is 10.5. The van der Waals surface area contributed by atoms with Gasteiger partial charge in [-0.3, -0.25) is 0 Å². The second-order valence-electron chi connectivity index (χ2n) is 2.86. The van der Waals surface area contributed by atoms with E-state index in [1.54, 1.807) is 0 Å². The zero-order valence-corrected chi connectivity index (χ0v) is 6.63. The standard InChI is InChI=1S/C8H12O3/c1-3-7(9)10-5-4-8(2)6-11-8/h3H,1,4-6H2,2H3. The number of carbonyl (C=O) groups excluding carboxylic acids is 1. The van der Waals surface area contributed by atoms with Crippen molar-refractivity contribution in [1.29, 1.82) is 0 Å². The van der Waals surface area contributed by atoms with E-state index in [-0.39, 0.29) is 11.6 Å². The van der Waals surface area contributed by atoms with Gasteiger partial charge >= 0.3 is 5.97 Å². The molecule has 0 aromatic rings. The van der Waals surface area contributed by atoms with Gasteiger partial charge in [-0.15, -0.1) is 0 Å². The van der Waals surface area contributed by atoms with Crippen LogP contribution in [0.4, 0.5) is 0 Å². The van der Waals surface area contributed by atoms with Crippen molar-refractivity contribution in [2.24, 2.45) is 0 Å². The lowest BCUT2D eigenvalue weighted by atomic mass is 10.1. The molecule has 1 aliphatic rings. The monoisotopic (exact) mass is 156 g/mol. The van der Waals surface area contributed by atoms with Crippen LogP contribution in [0.1, 0.15) is 13.3 Å². The summed E-state index contributed by atoms with van der Waals surface area (Å²) in [5.41, 5.74) is -0.0263. The number of hydrogen-bond donors (Lipinski definition) is 0. The fourth-order valence-electron chi connectivity index (χ4n) is 0.694. The van der Waals surface area contributed by atoms with Gasteiger partial charge in [0.1, 0.15) is 0 Å². The number of rotatable bonds is 4. The summed E-state index contributed by atoms with van der Waals surface area (Å²) in [5, 5.41) is 0. The van der Waals surface area contributed by atoms with Crippen molar-refractivity contribution in [3.8, 4) is 0 Å². The molecule has 3 heteroatoms. The van der Waals surface area contributed by atoms with Crippen molar-refractivity contribution in [3.63, 3.8) is 0 Å². The lowest BCUT2D eigenvalue weighted by molar-refractivity contribution is -0.138. The Morgan fingerprint density at radius 2 is 2.55 bits per heavy atom. The Kier molecular flexibility index (Phi) is 2.29. The van der Waals surface area contributed by atoms with E-state index in [0.29, 0.717) is 6.61 Å². The molecule has 0 aromatic carbocycles. The predicted molar refractivity (Wildman–Crippen MR) is 40.1 cm³/mol. The molecule has 0 spiro atoms. The first-order chi connectivity index (χ1) is 5.16. The van der Waals surface area contributed by atoms with Gasteiger partial charge in [0, 0.05) is 12.5 Å². The molecule has 0 amide bonds. The van der Waals surface area contributed by atoms with Gasteiger partial charge in [-0.25, -0.2) is 4.79 Å². The number of hydrogen-bond acceptors (Lipinski definition) is 3. The fraction of sp³-hybridized carbons (Fsp3) is 0.625. The van der Waals surface area contributed by atoms with E-state index < -0.39 is 0 Å². The lowest BCUT2D eigenvalue weighted by Crippen LogP contribution is -2.11. The Hall–Kier alpha value is -0.830. The third kappa shape index (κ3) is 2.72. The first-order valence-electron chi connectivity index (χ1n) is 3.59. The van der Waals surface area contributed by atoms with Crippen LogP contribution in [-0.2, 0) is 14.3 Å². The maximum Gasteiger partial charge on any atom is 0.330 e. The molecule has 0 aliphatic carbocycles. The number of carbonyl (C=O) groups is 1. The van der Waals surface area contributed by atoms with E-state index in [9.17, 15) is 4.79 Å². The van der Waals surface area contributed by atoms with Crippen molar-refractivity contribution in [3.05, 3.63) is 12.7 Å². The molecule has 0 N–H and O–H groups in total. The summed E-state index contributed by atoms with van der Waals surface area (Å²) in [6.07, 6.45) is 1.93. The topological polar surface area (TPSA) is 38.8 Å². The first-order valence-corrected chi connectivity index (χ1v) is 3.59. The molecule has 0 aromatic heterocycles. The summed E-state index contributed by atoms with van der Waals surface area (Å²) in [7, 11) is 0. The smallest absolute Gasteiger partial charge is 0.330 e. The average Bonchev–Trinajstić information content (AvgIpc) is 2.68. The van der Waals surface area contributed by atoms with E-state index in [4.69, 9.17) is 9.47 Å². The van der Waals surface area contributed by atoms with Crippen molar-refractivity contribution < 1.29 is 14.3 Å². The van der Waals surface area contributed by atoms with Crippen LogP contribution in [-0.4, -0.2) is 24.8 Å². The van der Waals surface area contributed by atoms with E-state index in [1.165, 1.54) is 0 Å². The van der Waals surface area contributed by atoms with Gasteiger partial charge < -0.3 is 9.47 Å². The summed E-state index contributed by atoms with van der Waals surface area (Å²) in [5.74, 6) is -0.366. The number of epoxide rings is 1. The molecule has 1 unspecified atom stereocenters. The van der Waals surface area contributed by atoms with Crippen LogP contribution < -0.4 is 0 Å². The average molecular weight is 156 g/mol. The van der Waals surface area contributed by atoms with Crippen LogP contribution in [0.3, 0.4) is 0 Å². The molecular formula is C8H12O3. The molecule has 62 valence electrons. The summed E-state index contributed by atoms with van der Waals surface area (Å²) in [6, 6.07) is 0. The van der Waals surface area contributed by atoms with Gasteiger partial charge in [0.15, 0.2) is 0 Å². The summed E-state index contributed by atoms with van der Waals surface area (Å²) in [4.78, 5) is 10.5. The summed E-state index contributed by atoms with van der Waals surface area (Å²) < 4.78 is 9.86. The Labute approximate surface area is 66.0 Å². The van der Waals surface area contributed by atoms with Gasteiger partial charge in [0.25, 0.3) is 0 Å². The Bertz CT molecular complexity index is 170. The molecule has 11 heavy (non-hydrogen) atoms. The molecule has 0 radical (unpaired) electrons. The van der Waals surface area contributed by atoms with Gasteiger partial charge in [-0.2, -0.15) is 0 Å². The highest BCUT2D eigenvalue weighted by molar-refractivity contribution is 5.81. The van der Waals surface area contributed by atoms with Crippen molar-refractivity contribution in [1.82, 2.24) is 0 Å². The quantitative estimate of drug-likeness (QED) is 0.345. The van der Waals surface area contributed by atoms with Gasteiger partial charge in [0.2, 0.25) is 0 Å². The Morgan fingerprint density at radius 1 is 1.91 bits per heavy atom. The van der Waals surface area contributed by atoms with Crippen LogP contribution in [0.25, 0.3) is 0 Å². The highest BCUT2D eigenvalue weighted by atomic mass is 16.6. The van der Waals surface area contributed by atoms with Crippen LogP contribution in [0.15, 0.2) is 12.7 Å². The van der Waals surface area contributed by atoms with Crippen molar-refractivity contribution in [2.45, 2.75) is 18.9 Å². The number of ether oxygens (including phenoxy) is 2. The molecule has 1 heterocycles. The molecule has 0 bridgehead atoms. The normalized spacial score (nSPS) is 27.7. The zero-order chi connectivity index (χ0) is 8.32. The van der Waals surface area contributed by atoms with Crippen LogP contribution in [0.2, 0.25) is 0 Å². The maximum absolute atomic E-state index is 10.5. The first kappa shape index (κ1) is 8.27. The predicted octanol–water partition coefficient (Wildman–Crippen LogP) is 0.895. The second-order valence-corrected chi connectivity index (χ2v) is 2.86. The van der Waals surface area contributed by atoms with E-state index in [0.717, 1.165) is 19.1 Å². The zero-order valence-electron chi connectivity index (χ0n) is 6.63. The SMILES string of the molecule is C=CC(=O)OCCC1(C)CO1. The van der Waals surface area contributed by atoms with Crippen LogP contribution in [0.5, 0.6) is 0 Å². The summed E-state index contributed by atoms with van der Waals surface area (Å²) in [6.45, 7) is 6.47. The minimum atomic E-state index is -0.366. The lowest BCUT2D eigenvalue weighted by Gasteiger charge is -2.03. The highest BCUT2D eigenvalue weighted by Crippen LogP contribution is 2.29. The molecular weight excluding hydrogens is 144 g/mol. The Morgan fingerprint density at radius 3 is 3.00 bits per heavy atom. The largest absolute Gasteiger partial charge is 0.462 e. The molecule has 1 aliphatic heterocycles. The van der Waals surface area contributed by atoms with Crippen molar-refractivity contribution >= 4 is 5.97 Å². The second kappa shape index (κ2) is 3.05. The molecule has 1 fully saturated rings. The van der Waals surface area contributed by atoms with Gasteiger partial charge in [-0.1, -0.05) is 6.58 Å². The van der Waals surface area contributed by atoms with Gasteiger partial charge in [-0.05, 0) is 6.92 Å². The number of esters is 1. The highest BCUT2D eigenvalue weighted by Gasteiger charge is 2.38. The molecule has 3 nitrogen and oxygen atoms in total. The van der Waals surface area contributed by atoms with E-state index in [1.807, 2.05) is 6.92 Å². The van der Waals surface area contributed by atoms with E-state index in [2.05, 4.69) is 6.58 Å². The third-order valence-corrected chi connectivity index (χ3v) is 1.68. The van der Waals surface area contributed by atoms with E-state index >= 15 is 0 Å². The molecule has 1 atom stereocenters. The summed E-state index contributed by atoms with van der Waals surface area (Å²) >= 11 is 0. The van der Waals surface area contributed by atoms with Crippen LogP contribution in [0, 0.1) is 0 Å². The fourth-order valence-corrected chi connectivity index (χ4v) is 0.694. The molecule has 1 saturated heterocycles. The van der Waals surface area contributed by atoms with Gasteiger partial charge in [0.05, 0.1) is 18.8 Å².